The number of amides is 1. The summed E-state index contributed by atoms with van der Waals surface area (Å²) in [6.45, 7) is 2.64. The largest absolute Gasteiger partial charge is 0.334 e. The van der Waals surface area contributed by atoms with Crippen molar-refractivity contribution >= 4 is 17.5 Å². The molecule has 0 saturated carbocycles. The molecule has 0 unspecified atom stereocenters. The van der Waals surface area contributed by atoms with E-state index in [4.69, 9.17) is 11.6 Å². The minimum atomic E-state index is -0.366. The Morgan fingerprint density at radius 3 is 2.70 bits per heavy atom. The third kappa shape index (κ3) is 3.55. The van der Waals surface area contributed by atoms with Crippen LogP contribution in [0.25, 0.3) is 11.4 Å². The topological polar surface area (TPSA) is 46.1 Å². The molecule has 3 aromatic rings. The average molecular weight is 382 g/mol. The zero-order chi connectivity index (χ0) is 19.0. The number of aromatic nitrogens is 2. The van der Waals surface area contributed by atoms with Crippen LogP contribution in [-0.2, 0) is 13.0 Å². The molecule has 4 nitrogen and oxygen atoms in total. The van der Waals surface area contributed by atoms with Gasteiger partial charge >= 0.3 is 0 Å². The molecule has 0 atom stereocenters. The van der Waals surface area contributed by atoms with Crippen molar-refractivity contribution in [2.24, 2.45) is 0 Å². The lowest BCUT2D eigenvalue weighted by Gasteiger charge is -2.28. The number of hydrogen-bond acceptors (Lipinski definition) is 3. The quantitative estimate of drug-likeness (QED) is 0.659. The molecule has 27 heavy (non-hydrogen) atoms. The van der Waals surface area contributed by atoms with Gasteiger partial charge in [-0.05, 0) is 48.9 Å². The van der Waals surface area contributed by atoms with E-state index >= 15 is 0 Å². The molecule has 1 aromatic heterocycles. The molecule has 0 fully saturated rings. The Kier molecular flexibility index (Phi) is 4.62. The molecule has 6 heteroatoms. The summed E-state index contributed by atoms with van der Waals surface area (Å²) in [5, 5.41) is 0.665. The summed E-state index contributed by atoms with van der Waals surface area (Å²) in [5.41, 5.74) is 3.64. The van der Waals surface area contributed by atoms with E-state index in [-0.39, 0.29) is 11.7 Å². The molecule has 0 spiro atoms. The Balaban J connectivity index is 1.55. The number of carbonyl (C=O) groups is 1. The molecule has 0 aliphatic carbocycles. The Hall–Kier alpha value is -2.79. The van der Waals surface area contributed by atoms with Crippen LogP contribution in [0.3, 0.4) is 0 Å². The van der Waals surface area contributed by atoms with E-state index in [9.17, 15) is 9.18 Å². The molecule has 1 aliphatic heterocycles. The van der Waals surface area contributed by atoms with Crippen LogP contribution in [0, 0.1) is 12.7 Å². The second-order valence-electron chi connectivity index (χ2n) is 6.61. The van der Waals surface area contributed by atoms with Crippen LogP contribution >= 0.6 is 11.6 Å². The van der Waals surface area contributed by atoms with Gasteiger partial charge in [0.1, 0.15) is 5.82 Å². The molecule has 2 heterocycles. The van der Waals surface area contributed by atoms with Gasteiger partial charge in [0.05, 0.1) is 5.69 Å². The molecule has 0 radical (unpaired) electrons. The zero-order valence-corrected chi connectivity index (χ0v) is 15.5. The first kappa shape index (κ1) is 17.6. The van der Waals surface area contributed by atoms with Crippen LogP contribution in [0.1, 0.15) is 27.2 Å². The number of hydrogen-bond donors (Lipinski definition) is 0. The first-order valence-corrected chi connectivity index (χ1v) is 9.05. The minimum Gasteiger partial charge on any atom is -0.334 e. The highest BCUT2D eigenvalue weighted by molar-refractivity contribution is 6.30. The lowest BCUT2D eigenvalue weighted by molar-refractivity contribution is 0.0733. The van der Waals surface area contributed by atoms with Crippen molar-refractivity contribution in [3.8, 4) is 11.4 Å². The summed E-state index contributed by atoms with van der Waals surface area (Å²) in [6, 6.07) is 12.0. The van der Waals surface area contributed by atoms with Crippen LogP contribution < -0.4 is 0 Å². The van der Waals surface area contributed by atoms with Crippen molar-refractivity contribution in [2.75, 3.05) is 6.54 Å². The van der Waals surface area contributed by atoms with Gasteiger partial charge in [-0.3, -0.25) is 4.79 Å². The summed E-state index contributed by atoms with van der Waals surface area (Å²) >= 11 is 5.93. The average Bonchev–Trinajstić information content (AvgIpc) is 2.69. The Morgan fingerprint density at radius 1 is 1.19 bits per heavy atom. The number of nitrogens with zero attached hydrogens (tertiary/aromatic N) is 3. The van der Waals surface area contributed by atoms with E-state index in [1.165, 1.54) is 6.07 Å². The number of fused-ring (bicyclic) bond motifs is 1. The van der Waals surface area contributed by atoms with Gasteiger partial charge in [-0.1, -0.05) is 17.7 Å². The van der Waals surface area contributed by atoms with Gasteiger partial charge in [-0.25, -0.2) is 14.4 Å². The highest BCUT2D eigenvalue weighted by Gasteiger charge is 2.24. The van der Waals surface area contributed by atoms with Crippen LogP contribution in [0.15, 0.2) is 48.7 Å². The molecule has 0 bridgehead atoms. The van der Waals surface area contributed by atoms with E-state index in [1.54, 1.807) is 42.3 Å². The lowest BCUT2D eigenvalue weighted by atomic mass is 10.0. The SMILES string of the molecule is Cc1ccc(C(=O)N2CCc3nc(-c4ccc(Cl)cc4)ncc3C2)cc1F. The molecule has 1 aliphatic rings. The number of halogens is 2. The van der Waals surface area contributed by atoms with Gasteiger partial charge in [0, 0.05) is 47.4 Å². The predicted molar refractivity (Wildman–Crippen MR) is 102 cm³/mol. The minimum absolute atomic E-state index is 0.179. The van der Waals surface area contributed by atoms with Crippen LogP contribution in [0.5, 0.6) is 0 Å². The Labute approximate surface area is 161 Å². The molecular weight excluding hydrogens is 365 g/mol. The number of rotatable bonds is 2. The van der Waals surface area contributed by atoms with E-state index in [1.807, 2.05) is 12.1 Å². The third-order valence-electron chi connectivity index (χ3n) is 4.74. The molecule has 136 valence electrons. The Bertz CT molecular complexity index is 1020. The molecule has 0 saturated heterocycles. The van der Waals surface area contributed by atoms with E-state index in [2.05, 4.69) is 9.97 Å². The molecule has 0 N–H and O–H groups in total. The van der Waals surface area contributed by atoms with E-state index < -0.39 is 0 Å². The summed E-state index contributed by atoms with van der Waals surface area (Å²) in [5.74, 6) is 0.0984. The fraction of sp³-hybridized carbons (Fsp3) is 0.190. The van der Waals surface area contributed by atoms with Crippen molar-refractivity contribution in [3.63, 3.8) is 0 Å². The first-order chi connectivity index (χ1) is 13.0. The van der Waals surface area contributed by atoms with Crippen LogP contribution in [0.4, 0.5) is 4.39 Å². The number of aryl methyl sites for hydroxylation is 1. The van der Waals surface area contributed by atoms with Crippen LogP contribution in [-0.4, -0.2) is 27.3 Å². The van der Waals surface area contributed by atoms with Gasteiger partial charge in [-0.2, -0.15) is 0 Å². The van der Waals surface area contributed by atoms with Gasteiger partial charge in [-0.15, -0.1) is 0 Å². The van der Waals surface area contributed by atoms with Gasteiger partial charge < -0.3 is 4.90 Å². The monoisotopic (exact) mass is 381 g/mol. The standard InChI is InChI=1S/C21H17ClFN3O/c1-13-2-3-15(10-18(13)23)21(27)26-9-8-19-16(12-26)11-24-20(25-19)14-4-6-17(22)7-5-14/h2-7,10-11H,8-9,12H2,1H3. The predicted octanol–water partition coefficient (Wildman–Crippen LogP) is 4.44. The van der Waals surface area contributed by atoms with Crippen molar-refractivity contribution in [1.82, 2.24) is 14.9 Å². The van der Waals surface area contributed by atoms with E-state index in [0.29, 0.717) is 41.5 Å². The van der Waals surface area contributed by atoms with Crippen molar-refractivity contribution in [3.05, 3.63) is 81.9 Å². The maximum absolute atomic E-state index is 13.8. The maximum atomic E-state index is 13.8. The number of carbonyl (C=O) groups excluding carboxylic acids is 1. The van der Waals surface area contributed by atoms with Crippen molar-refractivity contribution in [2.45, 2.75) is 19.9 Å². The third-order valence-corrected chi connectivity index (χ3v) is 4.99. The summed E-state index contributed by atoms with van der Waals surface area (Å²) in [6.07, 6.45) is 2.40. The fourth-order valence-corrected chi connectivity index (χ4v) is 3.26. The summed E-state index contributed by atoms with van der Waals surface area (Å²) in [7, 11) is 0. The van der Waals surface area contributed by atoms with Crippen molar-refractivity contribution in [1.29, 1.82) is 0 Å². The number of benzene rings is 2. The fourth-order valence-electron chi connectivity index (χ4n) is 3.14. The molecule has 4 rings (SSSR count). The Morgan fingerprint density at radius 2 is 1.96 bits per heavy atom. The summed E-state index contributed by atoms with van der Waals surface area (Å²) < 4.78 is 13.8. The second-order valence-corrected chi connectivity index (χ2v) is 7.05. The molecular formula is C21H17ClFN3O. The van der Waals surface area contributed by atoms with Gasteiger partial charge in [0.25, 0.3) is 5.91 Å². The normalized spacial score (nSPS) is 13.4. The van der Waals surface area contributed by atoms with Gasteiger partial charge in [0.2, 0.25) is 0 Å². The van der Waals surface area contributed by atoms with E-state index in [0.717, 1.165) is 16.8 Å². The zero-order valence-electron chi connectivity index (χ0n) is 14.7. The molecule has 2 aromatic carbocycles. The lowest BCUT2D eigenvalue weighted by Crippen LogP contribution is -2.36. The van der Waals surface area contributed by atoms with Crippen molar-refractivity contribution < 1.29 is 9.18 Å². The van der Waals surface area contributed by atoms with Crippen LogP contribution in [0.2, 0.25) is 5.02 Å². The highest BCUT2D eigenvalue weighted by atomic mass is 35.5. The first-order valence-electron chi connectivity index (χ1n) is 8.67. The highest BCUT2D eigenvalue weighted by Crippen LogP contribution is 2.23. The summed E-state index contributed by atoms with van der Waals surface area (Å²) in [4.78, 5) is 23.5. The smallest absolute Gasteiger partial charge is 0.254 e. The molecule has 1 amide bonds. The maximum Gasteiger partial charge on any atom is 0.254 e. The second kappa shape index (κ2) is 7.08. The van der Waals surface area contributed by atoms with Gasteiger partial charge in [0.15, 0.2) is 5.82 Å².